The van der Waals surface area contributed by atoms with E-state index in [4.69, 9.17) is 23.2 Å². The van der Waals surface area contributed by atoms with Gasteiger partial charge in [-0.3, -0.25) is 4.79 Å². The van der Waals surface area contributed by atoms with E-state index in [1.807, 2.05) is 4.90 Å². The maximum atomic E-state index is 13.4. The number of nitrogens with zero attached hydrogens (tertiary/aromatic N) is 2. The molecule has 0 unspecified atom stereocenters. The van der Waals surface area contributed by atoms with Gasteiger partial charge in [0.25, 0.3) is 5.91 Å². The fraction of sp³-hybridized carbons (Fsp3) is 0.435. The first-order valence-corrected chi connectivity index (χ1v) is 10.8. The Bertz CT molecular complexity index is 925. The Balaban J connectivity index is 1.50. The van der Waals surface area contributed by atoms with Crippen LogP contribution in [0.25, 0.3) is 0 Å². The van der Waals surface area contributed by atoms with Gasteiger partial charge in [0, 0.05) is 39.3 Å². The fourth-order valence-corrected chi connectivity index (χ4v) is 5.51. The van der Waals surface area contributed by atoms with E-state index in [2.05, 4.69) is 30.0 Å². The summed E-state index contributed by atoms with van der Waals surface area (Å²) in [5, 5.41) is 0.985. The van der Waals surface area contributed by atoms with Crippen LogP contribution in [0.15, 0.2) is 36.4 Å². The first kappa shape index (κ1) is 18.5. The predicted octanol–water partition coefficient (Wildman–Crippen LogP) is 5.46. The van der Waals surface area contributed by atoms with Crippen LogP contribution < -0.4 is 4.90 Å². The van der Waals surface area contributed by atoms with Gasteiger partial charge in [-0.25, -0.2) is 0 Å². The summed E-state index contributed by atoms with van der Waals surface area (Å²) in [6, 6.07) is 12.4. The summed E-state index contributed by atoms with van der Waals surface area (Å²) >= 11 is 12.3. The summed E-state index contributed by atoms with van der Waals surface area (Å²) < 4.78 is 0. The highest BCUT2D eigenvalue weighted by Crippen LogP contribution is 2.49. The van der Waals surface area contributed by atoms with Gasteiger partial charge in [0.05, 0.1) is 0 Å². The lowest BCUT2D eigenvalue weighted by Crippen LogP contribution is -2.46. The molecule has 2 aromatic rings. The molecular weight excluding hydrogens is 391 g/mol. The Morgan fingerprint density at radius 2 is 1.71 bits per heavy atom. The molecule has 2 heterocycles. The third kappa shape index (κ3) is 3.14. The number of rotatable bonds is 2. The molecule has 0 atom stereocenters. The third-order valence-corrected chi connectivity index (χ3v) is 7.08. The SMILES string of the molecule is Cc1ccc2c(c1)C1(CCN(C3CC3)CC1)CN2C(=O)c1cc(Cl)cc(Cl)c1. The lowest BCUT2D eigenvalue weighted by atomic mass is 9.74. The number of benzene rings is 2. The summed E-state index contributed by atoms with van der Waals surface area (Å²) in [6.07, 6.45) is 4.92. The van der Waals surface area contributed by atoms with Crippen molar-refractivity contribution in [2.75, 3.05) is 24.5 Å². The molecule has 5 heteroatoms. The highest BCUT2D eigenvalue weighted by atomic mass is 35.5. The number of hydrogen-bond acceptors (Lipinski definition) is 2. The van der Waals surface area contributed by atoms with Crippen molar-refractivity contribution in [1.82, 2.24) is 4.90 Å². The zero-order valence-corrected chi connectivity index (χ0v) is 17.6. The fourth-order valence-electron chi connectivity index (χ4n) is 4.98. The Labute approximate surface area is 176 Å². The van der Waals surface area contributed by atoms with Gasteiger partial charge in [-0.1, -0.05) is 40.9 Å². The van der Waals surface area contributed by atoms with E-state index in [1.54, 1.807) is 18.2 Å². The van der Waals surface area contributed by atoms with E-state index in [0.717, 1.165) is 44.2 Å². The van der Waals surface area contributed by atoms with E-state index in [0.29, 0.717) is 15.6 Å². The lowest BCUT2D eigenvalue weighted by Gasteiger charge is -2.40. The first-order valence-electron chi connectivity index (χ1n) is 10.1. The summed E-state index contributed by atoms with van der Waals surface area (Å²) in [5.41, 5.74) is 4.25. The van der Waals surface area contributed by atoms with Crippen LogP contribution in [0.5, 0.6) is 0 Å². The molecule has 0 radical (unpaired) electrons. The predicted molar refractivity (Wildman–Crippen MR) is 115 cm³/mol. The smallest absolute Gasteiger partial charge is 0.258 e. The van der Waals surface area contributed by atoms with E-state index in [1.165, 1.54) is 24.0 Å². The molecule has 5 rings (SSSR count). The van der Waals surface area contributed by atoms with Crippen molar-refractivity contribution in [3.8, 4) is 0 Å². The van der Waals surface area contributed by atoms with E-state index in [9.17, 15) is 4.79 Å². The van der Waals surface area contributed by atoms with Crippen molar-refractivity contribution in [3.05, 3.63) is 63.1 Å². The zero-order valence-electron chi connectivity index (χ0n) is 16.0. The quantitative estimate of drug-likeness (QED) is 0.651. The highest BCUT2D eigenvalue weighted by Gasteiger charge is 2.47. The summed E-state index contributed by atoms with van der Waals surface area (Å²) in [7, 11) is 0. The number of aryl methyl sites for hydroxylation is 1. The Hall–Kier alpha value is -1.55. The molecule has 2 aromatic carbocycles. The average Bonchev–Trinajstić information content (AvgIpc) is 3.46. The van der Waals surface area contributed by atoms with Crippen LogP contribution in [-0.2, 0) is 5.41 Å². The minimum atomic E-state index is -0.0176. The standard InChI is InChI=1S/C23H24Cl2N2O/c1-15-2-5-21-20(10-15)23(6-8-26(9-7-23)19-3-4-19)14-27(21)22(28)16-11-17(24)13-18(25)12-16/h2,5,10-13,19H,3-4,6-9,14H2,1H3. The number of carbonyl (C=O) groups is 1. The van der Waals surface area contributed by atoms with E-state index < -0.39 is 0 Å². The second kappa shape index (κ2) is 6.76. The molecule has 2 fully saturated rings. The van der Waals surface area contributed by atoms with Crippen LogP contribution in [0.4, 0.5) is 5.69 Å². The van der Waals surface area contributed by atoms with Gasteiger partial charge >= 0.3 is 0 Å². The first-order chi connectivity index (χ1) is 13.4. The Morgan fingerprint density at radius 1 is 1.04 bits per heavy atom. The van der Waals surface area contributed by atoms with Crippen LogP contribution >= 0.6 is 23.2 Å². The molecule has 1 saturated carbocycles. The number of hydrogen-bond donors (Lipinski definition) is 0. The van der Waals surface area contributed by atoms with Crippen molar-refractivity contribution in [3.63, 3.8) is 0 Å². The second-order valence-corrected chi connectivity index (χ2v) is 9.49. The zero-order chi connectivity index (χ0) is 19.5. The largest absolute Gasteiger partial charge is 0.307 e. The number of carbonyl (C=O) groups excluding carboxylic acids is 1. The number of fused-ring (bicyclic) bond motifs is 2. The molecule has 2 aliphatic heterocycles. The molecular formula is C23H24Cl2N2O. The highest BCUT2D eigenvalue weighted by molar-refractivity contribution is 6.35. The molecule has 0 N–H and O–H groups in total. The lowest BCUT2D eigenvalue weighted by molar-refractivity contribution is 0.0975. The number of anilines is 1. The molecule has 1 amide bonds. The monoisotopic (exact) mass is 414 g/mol. The summed E-state index contributed by atoms with van der Waals surface area (Å²) in [4.78, 5) is 18.0. The minimum Gasteiger partial charge on any atom is -0.307 e. The molecule has 3 aliphatic rings. The van der Waals surface area contributed by atoms with Crippen LogP contribution in [-0.4, -0.2) is 36.5 Å². The van der Waals surface area contributed by atoms with Gasteiger partial charge in [-0.2, -0.15) is 0 Å². The van der Waals surface area contributed by atoms with E-state index >= 15 is 0 Å². The van der Waals surface area contributed by atoms with Crippen molar-refractivity contribution in [1.29, 1.82) is 0 Å². The Morgan fingerprint density at radius 3 is 2.36 bits per heavy atom. The molecule has 28 heavy (non-hydrogen) atoms. The summed E-state index contributed by atoms with van der Waals surface area (Å²) in [5.74, 6) is -0.0176. The second-order valence-electron chi connectivity index (χ2n) is 8.62. The van der Waals surface area contributed by atoms with Gasteiger partial charge in [0.2, 0.25) is 0 Å². The molecule has 1 aliphatic carbocycles. The number of halogens is 2. The molecule has 0 aromatic heterocycles. The van der Waals surface area contributed by atoms with Crippen LogP contribution in [0.2, 0.25) is 10.0 Å². The molecule has 1 saturated heterocycles. The normalized spacial score (nSPS) is 21.2. The molecule has 146 valence electrons. The maximum Gasteiger partial charge on any atom is 0.258 e. The number of piperidine rings is 1. The number of likely N-dealkylation sites (tertiary alicyclic amines) is 1. The number of amides is 1. The van der Waals surface area contributed by atoms with Gasteiger partial charge < -0.3 is 9.80 Å². The van der Waals surface area contributed by atoms with Crippen molar-refractivity contribution < 1.29 is 4.79 Å². The van der Waals surface area contributed by atoms with Crippen LogP contribution in [0.3, 0.4) is 0 Å². The van der Waals surface area contributed by atoms with Gasteiger partial charge in [-0.15, -0.1) is 0 Å². The summed E-state index contributed by atoms with van der Waals surface area (Å²) in [6.45, 7) is 5.13. The van der Waals surface area contributed by atoms with Crippen molar-refractivity contribution in [2.45, 2.75) is 44.1 Å². The minimum absolute atomic E-state index is 0.0176. The molecule has 3 nitrogen and oxygen atoms in total. The maximum absolute atomic E-state index is 13.4. The van der Waals surface area contributed by atoms with Crippen molar-refractivity contribution in [2.24, 2.45) is 0 Å². The van der Waals surface area contributed by atoms with Gasteiger partial charge in [-0.05, 0) is 75.5 Å². The third-order valence-electron chi connectivity index (χ3n) is 6.65. The molecule has 1 spiro atoms. The van der Waals surface area contributed by atoms with E-state index in [-0.39, 0.29) is 11.3 Å². The van der Waals surface area contributed by atoms with Gasteiger partial charge in [0.1, 0.15) is 0 Å². The molecule has 0 bridgehead atoms. The average molecular weight is 415 g/mol. The van der Waals surface area contributed by atoms with Gasteiger partial charge in [0.15, 0.2) is 0 Å². The topological polar surface area (TPSA) is 23.6 Å². The van der Waals surface area contributed by atoms with Crippen LogP contribution in [0, 0.1) is 6.92 Å². The van der Waals surface area contributed by atoms with Crippen molar-refractivity contribution >= 4 is 34.8 Å². The Kier molecular flexibility index (Phi) is 4.46. The van der Waals surface area contributed by atoms with Crippen LogP contribution in [0.1, 0.15) is 47.2 Å².